The van der Waals surface area contributed by atoms with Gasteiger partial charge in [0, 0.05) is 24.2 Å². The van der Waals surface area contributed by atoms with E-state index in [1.807, 2.05) is 19.1 Å². The summed E-state index contributed by atoms with van der Waals surface area (Å²) in [6.45, 7) is 4.57. The van der Waals surface area contributed by atoms with Gasteiger partial charge in [-0.1, -0.05) is 6.07 Å². The third-order valence-electron chi connectivity index (χ3n) is 7.40. The number of hydrogen-bond donors (Lipinski definition) is 0. The van der Waals surface area contributed by atoms with E-state index in [2.05, 4.69) is 15.9 Å². The summed E-state index contributed by atoms with van der Waals surface area (Å²) < 4.78 is 16.3. The SMILES string of the molecule is CCOC(=O)N1C2CC[C@@H]1CCC(N1CCC(c3ccc(OC)cc3OC)CC1)C2. The number of amides is 1. The molecule has 2 bridgehead atoms. The van der Waals surface area contributed by atoms with Crippen molar-refractivity contribution in [3.05, 3.63) is 23.8 Å². The largest absolute Gasteiger partial charge is 0.497 e. The summed E-state index contributed by atoms with van der Waals surface area (Å²) >= 11 is 0. The van der Waals surface area contributed by atoms with Crippen LogP contribution in [0.5, 0.6) is 11.5 Å². The van der Waals surface area contributed by atoms with Crippen LogP contribution in [-0.4, -0.2) is 67.9 Å². The van der Waals surface area contributed by atoms with Crippen LogP contribution in [0.3, 0.4) is 0 Å². The molecule has 2 unspecified atom stereocenters. The minimum absolute atomic E-state index is 0.101. The van der Waals surface area contributed by atoms with Crippen LogP contribution < -0.4 is 9.47 Å². The van der Waals surface area contributed by atoms with Crippen LogP contribution in [0.2, 0.25) is 0 Å². The van der Waals surface area contributed by atoms with E-state index in [1.165, 1.54) is 12.0 Å². The molecule has 3 aliphatic heterocycles. The Hall–Kier alpha value is -1.95. The number of fused-ring (bicyclic) bond motifs is 2. The number of piperidine rings is 1. The minimum Gasteiger partial charge on any atom is -0.497 e. The second kappa shape index (κ2) is 9.46. The normalized spacial score (nSPS) is 27.6. The molecule has 3 fully saturated rings. The van der Waals surface area contributed by atoms with Crippen LogP contribution in [0.1, 0.15) is 63.4 Å². The fourth-order valence-electron chi connectivity index (χ4n) is 5.85. The summed E-state index contributed by atoms with van der Waals surface area (Å²) in [6.07, 6.45) is 7.83. The Morgan fingerprint density at radius 3 is 2.33 bits per heavy atom. The summed E-state index contributed by atoms with van der Waals surface area (Å²) in [5.41, 5.74) is 1.30. The molecule has 0 aromatic heterocycles. The third-order valence-corrected chi connectivity index (χ3v) is 7.40. The van der Waals surface area contributed by atoms with E-state index < -0.39 is 0 Å². The van der Waals surface area contributed by atoms with Crippen molar-refractivity contribution in [3.8, 4) is 11.5 Å². The van der Waals surface area contributed by atoms with Crippen LogP contribution in [0.25, 0.3) is 0 Å². The molecule has 0 radical (unpaired) electrons. The molecule has 4 rings (SSSR count). The van der Waals surface area contributed by atoms with Gasteiger partial charge >= 0.3 is 6.09 Å². The summed E-state index contributed by atoms with van der Waals surface area (Å²) in [5.74, 6) is 2.30. The average molecular weight is 417 g/mol. The van der Waals surface area contributed by atoms with E-state index in [0.29, 0.717) is 30.7 Å². The molecule has 0 aliphatic carbocycles. The summed E-state index contributed by atoms with van der Waals surface area (Å²) in [6, 6.07) is 7.50. The predicted molar refractivity (Wildman–Crippen MR) is 116 cm³/mol. The van der Waals surface area contributed by atoms with Gasteiger partial charge < -0.3 is 24.0 Å². The highest BCUT2D eigenvalue weighted by Gasteiger charge is 2.42. The lowest BCUT2D eigenvalue weighted by atomic mass is 9.86. The van der Waals surface area contributed by atoms with Gasteiger partial charge in [-0.25, -0.2) is 4.79 Å². The number of nitrogens with zero attached hydrogens (tertiary/aromatic N) is 2. The maximum Gasteiger partial charge on any atom is 0.410 e. The van der Waals surface area contributed by atoms with E-state index in [1.54, 1.807) is 14.2 Å². The van der Waals surface area contributed by atoms with Crippen molar-refractivity contribution in [1.82, 2.24) is 9.80 Å². The lowest BCUT2D eigenvalue weighted by Gasteiger charge is -2.39. The van der Waals surface area contributed by atoms with Crippen molar-refractivity contribution in [2.24, 2.45) is 0 Å². The Bertz CT molecular complexity index is 732. The first-order valence-electron chi connectivity index (χ1n) is 11.6. The molecule has 0 saturated carbocycles. The highest BCUT2D eigenvalue weighted by molar-refractivity contribution is 5.69. The quantitative estimate of drug-likeness (QED) is 0.711. The first-order chi connectivity index (χ1) is 14.6. The Morgan fingerprint density at radius 1 is 0.967 bits per heavy atom. The maximum absolute atomic E-state index is 12.5. The van der Waals surface area contributed by atoms with Crippen molar-refractivity contribution >= 4 is 6.09 Å². The Morgan fingerprint density at radius 2 is 1.67 bits per heavy atom. The van der Waals surface area contributed by atoms with Gasteiger partial charge in [-0.2, -0.15) is 0 Å². The number of likely N-dealkylation sites (tertiary alicyclic amines) is 1. The molecule has 3 heterocycles. The van der Waals surface area contributed by atoms with Gasteiger partial charge in [0.15, 0.2) is 0 Å². The highest BCUT2D eigenvalue weighted by Crippen LogP contribution is 2.40. The number of carbonyl (C=O) groups excluding carboxylic acids is 1. The summed E-state index contributed by atoms with van der Waals surface area (Å²) in [7, 11) is 3.43. The summed E-state index contributed by atoms with van der Waals surface area (Å²) in [4.78, 5) is 17.2. The number of benzene rings is 1. The second-order valence-electron chi connectivity index (χ2n) is 8.88. The number of carbonyl (C=O) groups is 1. The molecule has 3 atom stereocenters. The minimum atomic E-state index is -0.101. The fourth-order valence-corrected chi connectivity index (χ4v) is 5.85. The van der Waals surface area contributed by atoms with Gasteiger partial charge in [-0.15, -0.1) is 0 Å². The van der Waals surface area contributed by atoms with Crippen LogP contribution >= 0.6 is 0 Å². The molecular weight excluding hydrogens is 380 g/mol. The molecule has 3 aliphatic rings. The molecular formula is C24H36N2O4. The number of methoxy groups -OCH3 is 2. The van der Waals surface area contributed by atoms with E-state index in [4.69, 9.17) is 14.2 Å². The first-order valence-corrected chi connectivity index (χ1v) is 11.6. The molecule has 1 amide bonds. The van der Waals surface area contributed by atoms with Crippen LogP contribution in [0, 0.1) is 0 Å². The zero-order valence-corrected chi connectivity index (χ0v) is 18.6. The zero-order chi connectivity index (χ0) is 21.1. The smallest absolute Gasteiger partial charge is 0.410 e. The number of hydrogen-bond acceptors (Lipinski definition) is 5. The zero-order valence-electron chi connectivity index (χ0n) is 18.6. The molecule has 30 heavy (non-hydrogen) atoms. The van der Waals surface area contributed by atoms with Crippen molar-refractivity contribution in [2.45, 2.75) is 75.9 Å². The van der Waals surface area contributed by atoms with E-state index in [0.717, 1.165) is 63.1 Å². The van der Waals surface area contributed by atoms with Crippen LogP contribution in [0.15, 0.2) is 18.2 Å². The number of rotatable bonds is 5. The molecule has 6 heteroatoms. The monoisotopic (exact) mass is 416 g/mol. The molecule has 6 nitrogen and oxygen atoms in total. The van der Waals surface area contributed by atoms with Gasteiger partial charge in [0.1, 0.15) is 11.5 Å². The first kappa shape index (κ1) is 21.3. The van der Waals surface area contributed by atoms with Crippen molar-refractivity contribution < 1.29 is 19.0 Å². The Labute approximate surface area is 180 Å². The Kier molecular flexibility index (Phi) is 6.71. The molecule has 1 aromatic carbocycles. The summed E-state index contributed by atoms with van der Waals surface area (Å²) in [5, 5.41) is 0. The van der Waals surface area contributed by atoms with Gasteiger partial charge in [0.25, 0.3) is 0 Å². The number of ether oxygens (including phenoxy) is 3. The molecule has 3 saturated heterocycles. The lowest BCUT2D eigenvalue weighted by Crippen LogP contribution is -2.44. The molecule has 0 spiro atoms. The van der Waals surface area contributed by atoms with Crippen LogP contribution in [0.4, 0.5) is 4.79 Å². The van der Waals surface area contributed by atoms with Crippen molar-refractivity contribution in [2.75, 3.05) is 33.9 Å². The molecule has 0 N–H and O–H groups in total. The molecule has 1 aromatic rings. The maximum atomic E-state index is 12.5. The van der Waals surface area contributed by atoms with E-state index >= 15 is 0 Å². The van der Waals surface area contributed by atoms with Crippen molar-refractivity contribution in [1.29, 1.82) is 0 Å². The lowest BCUT2D eigenvalue weighted by molar-refractivity contribution is 0.0845. The van der Waals surface area contributed by atoms with Gasteiger partial charge in [-0.05, 0) is 82.5 Å². The standard InChI is InChI=1S/C24H36N2O4/c1-4-30-24(27)26-18-5-7-19(15-20(26)8-6-18)25-13-11-17(12-14-25)22-10-9-21(28-2)16-23(22)29-3/h9-10,16-20H,4-8,11-15H2,1-3H3/t18-,19?,20?/m0/s1. The van der Waals surface area contributed by atoms with Crippen LogP contribution in [-0.2, 0) is 4.74 Å². The predicted octanol–water partition coefficient (Wildman–Crippen LogP) is 4.43. The topological polar surface area (TPSA) is 51.2 Å². The van der Waals surface area contributed by atoms with Gasteiger partial charge in [0.2, 0.25) is 0 Å². The fraction of sp³-hybridized carbons (Fsp3) is 0.708. The van der Waals surface area contributed by atoms with E-state index in [-0.39, 0.29) is 6.09 Å². The second-order valence-corrected chi connectivity index (χ2v) is 8.88. The highest BCUT2D eigenvalue weighted by atomic mass is 16.6. The van der Waals surface area contributed by atoms with Gasteiger partial charge in [-0.3, -0.25) is 0 Å². The third kappa shape index (κ3) is 4.25. The van der Waals surface area contributed by atoms with Gasteiger partial charge in [0.05, 0.1) is 20.8 Å². The molecule has 166 valence electrons. The average Bonchev–Trinajstić information content (AvgIpc) is 3.07. The Balaban J connectivity index is 1.37. The van der Waals surface area contributed by atoms with E-state index in [9.17, 15) is 4.79 Å². The van der Waals surface area contributed by atoms with Crippen molar-refractivity contribution in [3.63, 3.8) is 0 Å².